The minimum Gasteiger partial charge on any atom is -0.208 e. The first-order chi connectivity index (χ1) is 7.22. The summed E-state index contributed by atoms with van der Waals surface area (Å²) in [6, 6.07) is 7.21. The van der Waals surface area contributed by atoms with Crippen molar-refractivity contribution >= 4 is 28.1 Å². The summed E-state index contributed by atoms with van der Waals surface area (Å²) in [6.07, 6.45) is 0. The standard InChI is InChI=1S/C8H4BrN5S/c9-6-3-5(4-10)1-2-7(6)14-8(15)11-12-13-14/h1-3H,(H,11,13,15). The maximum atomic E-state index is 8.71. The van der Waals surface area contributed by atoms with Gasteiger partial charge in [-0.05, 0) is 46.3 Å². The predicted octanol–water partition coefficient (Wildman–Crippen LogP) is 1.96. The van der Waals surface area contributed by atoms with E-state index in [1.165, 1.54) is 0 Å². The lowest BCUT2D eigenvalue weighted by atomic mass is 10.2. The second-order valence-corrected chi connectivity index (χ2v) is 3.92. The Morgan fingerprint density at radius 3 is 2.87 bits per heavy atom. The van der Waals surface area contributed by atoms with E-state index in [-0.39, 0.29) is 0 Å². The highest BCUT2D eigenvalue weighted by molar-refractivity contribution is 9.10. The summed E-state index contributed by atoms with van der Waals surface area (Å²) in [5.74, 6) is 0. The third-order valence-corrected chi connectivity index (χ3v) is 2.69. The van der Waals surface area contributed by atoms with Gasteiger partial charge in [-0.25, -0.2) is 4.68 Å². The summed E-state index contributed by atoms with van der Waals surface area (Å²) < 4.78 is 2.63. The fourth-order valence-corrected chi connectivity index (χ4v) is 1.85. The Labute approximate surface area is 98.5 Å². The van der Waals surface area contributed by atoms with Gasteiger partial charge in [0.2, 0.25) is 4.77 Å². The molecule has 1 aromatic carbocycles. The van der Waals surface area contributed by atoms with Gasteiger partial charge in [-0.1, -0.05) is 10.3 Å². The summed E-state index contributed by atoms with van der Waals surface area (Å²) in [6.45, 7) is 0. The lowest BCUT2D eigenvalue weighted by molar-refractivity contribution is 0.783. The van der Waals surface area contributed by atoms with Crippen LogP contribution in [0.15, 0.2) is 22.7 Å². The molecule has 1 aromatic heterocycles. The molecule has 0 radical (unpaired) electrons. The van der Waals surface area contributed by atoms with Crippen molar-refractivity contribution in [1.29, 1.82) is 5.26 Å². The monoisotopic (exact) mass is 281 g/mol. The van der Waals surface area contributed by atoms with Crippen LogP contribution >= 0.6 is 28.1 Å². The number of H-pyrrole nitrogens is 1. The van der Waals surface area contributed by atoms with Gasteiger partial charge in [0, 0.05) is 4.47 Å². The van der Waals surface area contributed by atoms with Crippen molar-refractivity contribution in [1.82, 2.24) is 20.2 Å². The second-order valence-electron chi connectivity index (χ2n) is 2.70. The molecule has 2 rings (SSSR count). The molecule has 0 amide bonds. The van der Waals surface area contributed by atoms with E-state index in [9.17, 15) is 0 Å². The van der Waals surface area contributed by atoms with Crippen LogP contribution in [0.4, 0.5) is 0 Å². The van der Waals surface area contributed by atoms with Gasteiger partial charge in [-0.3, -0.25) is 0 Å². The minimum atomic E-state index is 0.334. The van der Waals surface area contributed by atoms with E-state index in [1.807, 2.05) is 6.07 Å². The molecule has 0 aliphatic rings. The van der Waals surface area contributed by atoms with Gasteiger partial charge in [0.25, 0.3) is 0 Å². The van der Waals surface area contributed by atoms with Gasteiger partial charge in [-0.15, -0.1) is 0 Å². The van der Waals surface area contributed by atoms with Gasteiger partial charge in [-0.2, -0.15) is 10.5 Å². The number of aromatic nitrogens is 4. The largest absolute Gasteiger partial charge is 0.242 e. The number of aromatic amines is 1. The molecule has 74 valence electrons. The van der Waals surface area contributed by atoms with Gasteiger partial charge in [0.05, 0.1) is 17.3 Å². The van der Waals surface area contributed by atoms with Gasteiger partial charge in [0.15, 0.2) is 0 Å². The number of nitrogens with one attached hydrogen (secondary N) is 1. The normalized spacial score (nSPS) is 9.87. The van der Waals surface area contributed by atoms with Crippen molar-refractivity contribution in [3.05, 3.63) is 33.0 Å². The Kier molecular flexibility index (Phi) is 2.62. The van der Waals surface area contributed by atoms with Crippen LogP contribution < -0.4 is 0 Å². The van der Waals surface area contributed by atoms with Crippen LogP contribution in [-0.4, -0.2) is 20.2 Å². The van der Waals surface area contributed by atoms with Gasteiger partial charge >= 0.3 is 0 Å². The average Bonchev–Trinajstić information content (AvgIpc) is 2.64. The van der Waals surface area contributed by atoms with Crippen molar-refractivity contribution in [3.8, 4) is 11.8 Å². The van der Waals surface area contributed by atoms with E-state index >= 15 is 0 Å². The maximum absolute atomic E-state index is 8.71. The van der Waals surface area contributed by atoms with Crippen LogP contribution in [0.1, 0.15) is 5.56 Å². The number of rotatable bonds is 1. The van der Waals surface area contributed by atoms with Crippen molar-refractivity contribution in [3.63, 3.8) is 0 Å². The third-order valence-electron chi connectivity index (χ3n) is 1.79. The van der Waals surface area contributed by atoms with Gasteiger partial charge in [0.1, 0.15) is 0 Å². The first-order valence-electron chi connectivity index (χ1n) is 3.92. The number of halogens is 1. The molecule has 2 aromatic rings. The number of nitriles is 1. The summed E-state index contributed by atoms with van der Waals surface area (Å²) >= 11 is 8.31. The molecule has 0 saturated carbocycles. The molecule has 0 aliphatic carbocycles. The number of hydrogen-bond acceptors (Lipinski definition) is 4. The molecule has 0 unspecified atom stereocenters. The number of tetrazole rings is 1. The van der Waals surface area contributed by atoms with Crippen LogP contribution in [0.2, 0.25) is 0 Å². The fourth-order valence-electron chi connectivity index (χ4n) is 1.11. The lowest BCUT2D eigenvalue weighted by Gasteiger charge is -2.03. The Hall–Kier alpha value is -1.52. The molecular weight excluding hydrogens is 278 g/mol. The first-order valence-corrected chi connectivity index (χ1v) is 5.12. The van der Waals surface area contributed by atoms with Crippen molar-refractivity contribution in [2.45, 2.75) is 0 Å². The Bertz CT molecular complexity index is 594. The molecule has 0 bridgehead atoms. The zero-order chi connectivity index (χ0) is 10.8. The Balaban J connectivity index is 2.61. The van der Waals surface area contributed by atoms with E-state index in [1.54, 1.807) is 22.9 Å². The summed E-state index contributed by atoms with van der Waals surface area (Å²) in [4.78, 5) is 0. The highest BCUT2D eigenvalue weighted by atomic mass is 79.9. The molecule has 0 spiro atoms. The lowest BCUT2D eigenvalue weighted by Crippen LogP contribution is -1.98. The Morgan fingerprint density at radius 2 is 2.33 bits per heavy atom. The van der Waals surface area contributed by atoms with Crippen LogP contribution in [0.3, 0.4) is 0 Å². The maximum Gasteiger partial charge on any atom is 0.242 e. The zero-order valence-electron chi connectivity index (χ0n) is 7.31. The van der Waals surface area contributed by atoms with E-state index in [0.29, 0.717) is 10.3 Å². The SMILES string of the molecule is N#Cc1ccc(-n2[nH]nnc2=S)c(Br)c1. The zero-order valence-corrected chi connectivity index (χ0v) is 9.71. The molecule has 0 aliphatic heterocycles. The fraction of sp³-hybridized carbons (Fsp3) is 0. The highest BCUT2D eigenvalue weighted by Crippen LogP contribution is 2.21. The van der Waals surface area contributed by atoms with Crippen LogP contribution in [0, 0.1) is 16.1 Å². The first kappa shape index (κ1) is 10.0. The topological polar surface area (TPSA) is 70.3 Å². The summed E-state index contributed by atoms with van der Waals surface area (Å²) in [5, 5.41) is 18.6. The number of benzene rings is 1. The molecule has 0 saturated heterocycles. The van der Waals surface area contributed by atoms with Gasteiger partial charge < -0.3 is 0 Å². The highest BCUT2D eigenvalue weighted by Gasteiger charge is 2.05. The van der Waals surface area contributed by atoms with Crippen molar-refractivity contribution in [2.24, 2.45) is 0 Å². The molecule has 15 heavy (non-hydrogen) atoms. The van der Waals surface area contributed by atoms with E-state index in [0.717, 1.165) is 10.2 Å². The van der Waals surface area contributed by atoms with Crippen LogP contribution in [-0.2, 0) is 0 Å². The molecule has 7 heteroatoms. The molecule has 1 heterocycles. The quantitative estimate of drug-likeness (QED) is 0.812. The van der Waals surface area contributed by atoms with Crippen LogP contribution in [0.25, 0.3) is 5.69 Å². The van der Waals surface area contributed by atoms with Crippen LogP contribution in [0.5, 0.6) is 0 Å². The third kappa shape index (κ3) is 1.82. The minimum absolute atomic E-state index is 0.334. The smallest absolute Gasteiger partial charge is 0.208 e. The van der Waals surface area contributed by atoms with Crippen molar-refractivity contribution in [2.75, 3.05) is 0 Å². The molecule has 0 atom stereocenters. The molecule has 0 fully saturated rings. The molecule has 5 nitrogen and oxygen atoms in total. The number of hydrogen-bond donors (Lipinski definition) is 1. The molecular formula is C8H4BrN5S. The van der Waals surface area contributed by atoms with E-state index < -0.39 is 0 Å². The Morgan fingerprint density at radius 1 is 1.53 bits per heavy atom. The van der Waals surface area contributed by atoms with E-state index in [2.05, 4.69) is 31.5 Å². The second kappa shape index (κ2) is 3.92. The average molecular weight is 282 g/mol. The molecule has 1 N–H and O–H groups in total. The van der Waals surface area contributed by atoms with Crippen molar-refractivity contribution < 1.29 is 0 Å². The predicted molar refractivity (Wildman–Crippen MR) is 59.0 cm³/mol. The summed E-state index contributed by atoms with van der Waals surface area (Å²) in [5.41, 5.74) is 1.34. The number of nitrogens with zero attached hydrogens (tertiary/aromatic N) is 4. The summed E-state index contributed by atoms with van der Waals surface area (Å²) in [7, 11) is 0. The van der Waals surface area contributed by atoms with E-state index in [4.69, 9.17) is 17.5 Å².